The number of esters is 4. The molecule has 0 bridgehead atoms. The number of nitrogens with zero attached hydrogens (tertiary/aromatic N) is 2. The Kier molecular flexibility index (Phi) is 81.3. The van der Waals surface area contributed by atoms with E-state index in [0.29, 0.717) is 52.1 Å². The summed E-state index contributed by atoms with van der Waals surface area (Å²) in [4.78, 5) is 102. The SMILES string of the molecule is CCCCCCCCCCCCCCOC(=O)CN(CC(=O)OCCCCCCCCCCCCCC)C(=O)CCCCCCCCCCOP(=O)(O)OCCCOP(=O)(O)OCCCCCCCCCCC(=O)N(CC(=O)OCCCCCCCCCCCCCC)CC(=O)OCCCCCCCCCCCCCC. The van der Waals surface area contributed by atoms with Crippen LogP contribution in [0.2, 0.25) is 0 Å². The molecular weight excluding hydrogens is 1450 g/mol. The van der Waals surface area contributed by atoms with Gasteiger partial charge in [0.25, 0.3) is 0 Å². The fourth-order valence-electron chi connectivity index (χ4n) is 13.8. The number of amides is 2. The lowest BCUT2D eigenvalue weighted by Gasteiger charge is -2.21. The van der Waals surface area contributed by atoms with Crippen LogP contribution in [0.15, 0.2) is 0 Å². The molecule has 0 spiro atoms. The molecule has 0 rings (SSSR count). The van der Waals surface area contributed by atoms with Crippen molar-refractivity contribution in [2.45, 2.75) is 458 Å². The Morgan fingerprint density at radius 1 is 0.207 bits per heavy atom. The third kappa shape index (κ3) is 80.6. The van der Waals surface area contributed by atoms with Crippen LogP contribution in [0, 0.1) is 0 Å². The highest BCUT2D eigenvalue weighted by Gasteiger charge is 2.26. The molecule has 0 aliphatic heterocycles. The van der Waals surface area contributed by atoms with Gasteiger partial charge < -0.3 is 38.5 Å². The third-order valence-electron chi connectivity index (χ3n) is 20.9. The van der Waals surface area contributed by atoms with Crippen LogP contribution in [0.5, 0.6) is 0 Å². The molecule has 0 saturated heterocycles. The number of carbonyl (C=O) groups excluding carboxylic acids is 6. The minimum Gasteiger partial charge on any atom is -0.464 e. The van der Waals surface area contributed by atoms with Crippen LogP contribution in [0.25, 0.3) is 0 Å². The maximum atomic E-state index is 13.4. The monoisotopic (exact) mass is 1620 g/mol. The summed E-state index contributed by atoms with van der Waals surface area (Å²) >= 11 is 0. The highest BCUT2D eigenvalue weighted by atomic mass is 31.2. The average molecular weight is 1620 g/mol. The van der Waals surface area contributed by atoms with E-state index in [1.807, 2.05) is 0 Å². The van der Waals surface area contributed by atoms with E-state index in [2.05, 4.69) is 27.7 Å². The van der Waals surface area contributed by atoms with Crippen LogP contribution in [0.3, 0.4) is 0 Å². The van der Waals surface area contributed by atoms with Crippen molar-refractivity contribution in [2.24, 2.45) is 0 Å². The minimum atomic E-state index is -4.33. The van der Waals surface area contributed by atoms with Crippen molar-refractivity contribution >= 4 is 51.3 Å². The first-order valence-electron chi connectivity index (χ1n) is 46.5. The molecule has 2 N–H and O–H groups in total. The maximum absolute atomic E-state index is 13.4. The third-order valence-corrected chi connectivity index (χ3v) is 22.9. The molecular formula is C89H172N2O18P2. The van der Waals surface area contributed by atoms with Crippen molar-refractivity contribution in [3.8, 4) is 0 Å². The van der Waals surface area contributed by atoms with Crippen molar-refractivity contribution in [3.63, 3.8) is 0 Å². The molecule has 111 heavy (non-hydrogen) atoms. The standard InChI is InChI=1S/C89H172N2O18P2/c1-5-9-13-17-21-25-29-33-39-47-55-63-72-102-86(94)80-90(81-87(95)103-73-64-56-48-40-34-30-26-22-18-14-10-6-2)84(92)70-61-53-45-37-43-51-59-67-76-106-110(98,99)108-78-69-79-109-111(100,101)107-77-68-60-52-44-38-46-54-62-71-85(93)91(82-88(96)104-74-65-57-49-41-35-31-27-23-19-15-11-7-3)83-89(97)105-75-66-58-50-42-36-32-28-24-20-16-12-8-4/h5-83H2,1-4H3,(H,98,99)(H,100,101). The largest absolute Gasteiger partial charge is 0.472 e. The number of unbranched alkanes of at least 4 members (excludes halogenated alkanes) is 58. The molecule has 2 unspecified atom stereocenters. The Hall–Kier alpha value is -2.96. The van der Waals surface area contributed by atoms with E-state index in [1.54, 1.807) is 0 Å². The average Bonchev–Trinajstić information content (AvgIpc) is 0.914. The number of phosphoric acid groups is 2. The zero-order valence-corrected chi connectivity index (χ0v) is 73.9. The summed E-state index contributed by atoms with van der Waals surface area (Å²) in [6, 6.07) is 0. The summed E-state index contributed by atoms with van der Waals surface area (Å²) in [5.41, 5.74) is 0. The zero-order chi connectivity index (χ0) is 81.1. The van der Waals surface area contributed by atoms with E-state index in [-0.39, 0.29) is 83.7 Å². The van der Waals surface area contributed by atoms with E-state index in [4.69, 9.17) is 37.0 Å². The van der Waals surface area contributed by atoms with Gasteiger partial charge >= 0.3 is 39.5 Å². The molecule has 2 amide bonds. The van der Waals surface area contributed by atoms with Crippen LogP contribution >= 0.6 is 15.6 Å². The summed E-state index contributed by atoms with van der Waals surface area (Å²) < 4.78 is 67.5. The zero-order valence-electron chi connectivity index (χ0n) is 72.1. The Balaban J connectivity index is 4.50. The fraction of sp³-hybridized carbons (Fsp3) is 0.933. The first-order valence-corrected chi connectivity index (χ1v) is 49.5. The first-order chi connectivity index (χ1) is 54.1. The minimum absolute atomic E-state index is 0.0339. The molecule has 2 atom stereocenters. The van der Waals surface area contributed by atoms with Crippen LogP contribution in [-0.4, -0.2) is 134 Å². The lowest BCUT2D eigenvalue weighted by molar-refractivity contribution is -0.155. The Labute approximate surface area is 679 Å². The molecule has 0 aliphatic carbocycles. The molecule has 0 heterocycles. The second-order valence-corrected chi connectivity index (χ2v) is 34.6. The second-order valence-electron chi connectivity index (χ2n) is 31.7. The summed E-state index contributed by atoms with van der Waals surface area (Å²) in [6.07, 6.45) is 71.5. The number of phosphoric ester groups is 2. The molecule has 0 aromatic heterocycles. The molecule has 0 aromatic carbocycles. The number of ether oxygens (including phenoxy) is 4. The predicted octanol–water partition coefficient (Wildman–Crippen LogP) is 25.3. The van der Waals surface area contributed by atoms with Crippen LogP contribution in [0.1, 0.15) is 458 Å². The van der Waals surface area contributed by atoms with Crippen LogP contribution in [0.4, 0.5) is 0 Å². The highest BCUT2D eigenvalue weighted by Crippen LogP contribution is 2.45. The summed E-state index contributed by atoms with van der Waals surface area (Å²) in [5, 5.41) is 0. The second kappa shape index (κ2) is 83.5. The van der Waals surface area contributed by atoms with Crippen molar-refractivity contribution in [2.75, 3.05) is 79.0 Å². The molecule has 0 aliphatic rings. The Morgan fingerprint density at radius 3 is 0.532 bits per heavy atom. The van der Waals surface area contributed by atoms with Crippen molar-refractivity contribution in [3.05, 3.63) is 0 Å². The smallest absolute Gasteiger partial charge is 0.464 e. The van der Waals surface area contributed by atoms with Gasteiger partial charge in [-0.25, -0.2) is 9.13 Å². The molecule has 0 aromatic rings. The Bertz CT molecular complexity index is 1980. The molecule has 0 saturated carbocycles. The predicted molar refractivity (Wildman–Crippen MR) is 452 cm³/mol. The molecule has 656 valence electrons. The van der Waals surface area contributed by atoms with Gasteiger partial charge in [-0.3, -0.25) is 46.9 Å². The number of carbonyl (C=O) groups is 6. The summed E-state index contributed by atoms with van der Waals surface area (Å²) in [7, 11) is -8.66. The van der Waals surface area contributed by atoms with Crippen LogP contribution in [-0.2, 0) is 74.9 Å². The molecule has 0 radical (unpaired) electrons. The van der Waals surface area contributed by atoms with E-state index in [1.165, 1.54) is 241 Å². The maximum Gasteiger partial charge on any atom is 0.472 e. The number of hydrogen-bond donors (Lipinski definition) is 2. The van der Waals surface area contributed by atoms with Gasteiger partial charge in [-0.1, -0.05) is 387 Å². The van der Waals surface area contributed by atoms with Gasteiger partial charge in [0.15, 0.2) is 0 Å². The van der Waals surface area contributed by atoms with Gasteiger partial charge in [0.1, 0.15) is 26.2 Å². The normalized spacial score (nSPS) is 12.6. The van der Waals surface area contributed by atoms with Crippen molar-refractivity contribution in [1.29, 1.82) is 0 Å². The van der Waals surface area contributed by atoms with E-state index in [0.717, 1.165) is 154 Å². The lowest BCUT2D eigenvalue weighted by Crippen LogP contribution is -2.40. The fourth-order valence-corrected chi connectivity index (χ4v) is 15.4. The number of hydrogen-bond acceptors (Lipinski definition) is 16. The van der Waals surface area contributed by atoms with Gasteiger partial charge in [0.2, 0.25) is 11.8 Å². The van der Waals surface area contributed by atoms with Crippen molar-refractivity contribution < 1.29 is 84.7 Å². The topological polar surface area (TPSA) is 257 Å². The van der Waals surface area contributed by atoms with Gasteiger partial charge in [-0.2, -0.15) is 0 Å². The highest BCUT2D eigenvalue weighted by molar-refractivity contribution is 7.47. The van der Waals surface area contributed by atoms with Crippen LogP contribution < -0.4 is 0 Å². The quantitative estimate of drug-likeness (QED) is 0.0248. The van der Waals surface area contributed by atoms with Gasteiger partial charge in [0, 0.05) is 12.8 Å². The van der Waals surface area contributed by atoms with Crippen molar-refractivity contribution in [1.82, 2.24) is 9.80 Å². The summed E-state index contributed by atoms with van der Waals surface area (Å²) in [5.74, 6) is -2.54. The first kappa shape index (κ1) is 108. The Morgan fingerprint density at radius 2 is 0.351 bits per heavy atom. The summed E-state index contributed by atoms with van der Waals surface area (Å²) in [6.45, 7) is 8.70. The molecule has 22 heteroatoms. The van der Waals surface area contributed by atoms with Gasteiger partial charge in [-0.05, 0) is 57.8 Å². The lowest BCUT2D eigenvalue weighted by atomic mass is 10.1. The van der Waals surface area contributed by atoms with Gasteiger partial charge in [0.05, 0.1) is 52.9 Å². The number of rotatable bonds is 90. The molecule has 20 nitrogen and oxygen atoms in total. The van der Waals surface area contributed by atoms with E-state index in [9.17, 15) is 47.7 Å². The van der Waals surface area contributed by atoms with E-state index < -0.39 is 39.5 Å². The van der Waals surface area contributed by atoms with Gasteiger partial charge in [-0.15, -0.1) is 0 Å². The molecule has 0 fully saturated rings. The van der Waals surface area contributed by atoms with E-state index >= 15 is 0 Å².